The number of aliphatic hydroxyl groups is 1. The lowest BCUT2D eigenvalue weighted by Gasteiger charge is -2.38. The van der Waals surface area contributed by atoms with Crippen LogP contribution < -0.4 is 14.5 Å². The quantitative estimate of drug-likeness (QED) is 0.272. The third-order valence-corrected chi connectivity index (χ3v) is 11.7. The molecule has 1 spiro atoms. The highest BCUT2D eigenvalue weighted by molar-refractivity contribution is 9.09. The molecular formula is C32H36BrN3O5S. The highest BCUT2D eigenvalue weighted by Crippen LogP contribution is 2.68. The minimum absolute atomic E-state index is 0.0520. The molecule has 6 atom stereocenters. The number of para-hydroxylation sites is 1. The first kappa shape index (κ1) is 30.4. The van der Waals surface area contributed by atoms with Crippen molar-refractivity contribution >= 4 is 56.8 Å². The van der Waals surface area contributed by atoms with Crippen molar-refractivity contribution in [2.75, 3.05) is 43.2 Å². The number of ether oxygens (including phenoxy) is 1. The van der Waals surface area contributed by atoms with Crippen molar-refractivity contribution in [3.05, 3.63) is 79.9 Å². The van der Waals surface area contributed by atoms with E-state index in [4.69, 9.17) is 4.74 Å². The summed E-state index contributed by atoms with van der Waals surface area (Å²) in [7, 11) is 1.58. The predicted molar refractivity (Wildman–Crippen MR) is 170 cm³/mol. The molecule has 8 nitrogen and oxygen atoms in total. The molecule has 222 valence electrons. The second-order valence-corrected chi connectivity index (χ2v) is 13.5. The topological polar surface area (TPSA) is 90.4 Å². The second kappa shape index (κ2) is 12.7. The van der Waals surface area contributed by atoms with Gasteiger partial charge in [0.1, 0.15) is 11.8 Å². The van der Waals surface area contributed by atoms with Gasteiger partial charge in [-0.2, -0.15) is 0 Å². The molecule has 0 aliphatic carbocycles. The first-order valence-corrected chi connectivity index (χ1v) is 15.9. The number of nitrogens with zero attached hydrogens (tertiary/aromatic N) is 3. The van der Waals surface area contributed by atoms with Gasteiger partial charge in [0, 0.05) is 47.7 Å². The van der Waals surface area contributed by atoms with Gasteiger partial charge in [-0.25, -0.2) is 0 Å². The van der Waals surface area contributed by atoms with Gasteiger partial charge in [0.15, 0.2) is 0 Å². The molecule has 3 saturated heterocycles. The Morgan fingerprint density at radius 3 is 2.29 bits per heavy atom. The Labute approximate surface area is 259 Å². The molecule has 3 heterocycles. The first-order chi connectivity index (χ1) is 20.3. The number of methoxy groups -OCH3 is 1. The number of likely N-dealkylation sites (tertiary alicyclic amines) is 1. The van der Waals surface area contributed by atoms with Crippen LogP contribution in [0.15, 0.2) is 79.9 Å². The van der Waals surface area contributed by atoms with E-state index >= 15 is 0 Å². The van der Waals surface area contributed by atoms with E-state index in [-0.39, 0.29) is 47.5 Å². The zero-order chi connectivity index (χ0) is 30.0. The van der Waals surface area contributed by atoms with E-state index in [1.54, 1.807) is 57.9 Å². The fourth-order valence-electron chi connectivity index (χ4n) is 6.77. The molecule has 2 aromatic rings. The summed E-state index contributed by atoms with van der Waals surface area (Å²) >= 11 is 5.44. The molecule has 3 aliphatic rings. The molecule has 10 heteroatoms. The molecule has 1 N–H and O–H groups in total. The van der Waals surface area contributed by atoms with Crippen LogP contribution in [-0.2, 0) is 14.4 Å². The number of halogens is 1. The van der Waals surface area contributed by atoms with Crippen LogP contribution in [-0.4, -0.2) is 81.9 Å². The van der Waals surface area contributed by atoms with Gasteiger partial charge in [-0.3, -0.25) is 14.4 Å². The molecule has 0 saturated carbocycles. The Hall–Kier alpha value is -3.08. The average molecular weight is 655 g/mol. The number of benzene rings is 2. The summed E-state index contributed by atoms with van der Waals surface area (Å²) < 4.78 is 4.50. The summed E-state index contributed by atoms with van der Waals surface area (Å²) in [5, 5.41) is 9.52. The Kier molecular flexibility index (Phi) is 9.15. The van der Waals surface area contributed by atoms with Crippen molar-refractivity contribution in [2.24, 2.45) is 11.8 Å². The summed E-state index contributed by atoms with van der Waals surface area (Å²) in [6.45, 7) is 8.40. The molecule has 3 amide bonds. The van der Waals surface area contributed by atoms with Crippen molar-refractivity contribution in [2.45, 2.75) is 33.7 Å². The van der Waals surface area contributed by atoms with Gasteiger partial charge in [-0.1, -0.05) is 46.3 Å². The fourth-order valence-corrected chi connectivity index (χ4v) is 10.4. The Morgan fingerprint density at radius 2 is 1.69 bits per heavy atom. The number of anilines is 2. The first-order valence-electron chi connectivity index (χ1n) is 14.1. The monoisotopic (exact) mass is 653 g/mol. The number of carbonyl (C=O) groups excluding carboxylic acids is 3. The molecule has 3 fully saturated rings. The normalized spacial score (nSPS) is 27.5. The number of alkyl halides is 1. The highest BCUT2D eigenvalue weighted by atomic mass is 79.9. The number of aliphatic hydroxyl groups excluding tert-OH is 1. The van der Waals surface area contributed by atoms with Crippen LogP contribution in [0.1, 0.15) is 12.8 Å². The smallest absolute Gasteiger partial charge is 0.251 e. The van der Waals surface area contributed by atoms with Crippen LogP contribution in [0.2, 0.25) is 0 Å². The van der Waals surface area contributed by atoms with Crippen molar-refractivity contribution in [3.8, 4) is 5.75 Å². The largest absolute Gasteiger partial charge is 0.497 e. The zero-order valence-electron chi connectivity index (χ0n) is 23.6. The van der Waals surface area contributed by atoms with Crippen LogP contribution in [0.5, 0.6) is 5.75 Å². The van der Waals surface area contributed by atoms with Gasteiger partial charge in [-0.15, -0.1) is 24.9 Å². The van der Waals surface area contributed by atoms with Crippen molar-refractivity contribution in [1.82, 2.24) is 4.90 Å². The highest BCUT2D eigenvalue weighted by Gasteiger charge is 2.76. The molecular weight excluding hydrogens is 618 g/mol. The van der Waals surface area contributed by atoms with Gasteiger partial charge in [-0.05, 0) is 49.2 Å². The summed E-state index contributed by atoms with van der Waals surface area (Å²) in [6.07, 6.45) is 4.26. The number of rotatable bonds is 12. The fraction of sp³-hybridized carbons (Fsp3) is 0.406. The summed E-state index contributed by atoms with van der Waals surface area (Å²) in [4.78, 5) is 48.3. The van der Waals surface area contributed by atoms with Crippen LogP contribution >= 0.6 is 27.7 Å². The lowest BCUT2D eigenvalue weighted by Crippen LogP contribution is -2.56. The van der Waals surface area contributed by atoms with Crippen molar-refractivity contribution in [1.29, 1.82) is 0 Å². The molecule has 2 aromatic carbocycles. The number of hydrogen-bond acceptors (Lipinski definition) is 6. The Bertz CT molecular complexity index is 1340. The van der Waals surface area contributed by atoms with E-state index in [9.17, 15) is 19.5 Å². The third kappa shape index (κ3) is 5.07. The van der Waals surface area contributed by atoms with Crippen LogP contribution in [0.4, 0.5) is 11.4 Å². The third-order valence-electron chi connectivity index (χ3n) is 8.47. The van der Waals surface area contributed by atoms with Crippen LogP contribution in [0, 0.1) is 11.8 Å². The number of hydrogen-bond donors (Lipinski definition) is 1. The van der Waals surface area contributed by atoms with Crippen LogP contribution in [0.25, 0.3) is 0 Å². The molecule has 3 unspecified atom stereocenters. The van der Waals surface area contributed by atoms with Crippen molar-refractivity contribution < 1.29 is 24.2 Å². The van der Waals surface area contributed by atoms with Gasteiger partial charge in [0.25, 0.3) is 5.91 Å². The molecule has 0 radical (unpaired) electrons. The van der Waals surface area contributed by atoms with Crippen LogP contribution in [0.3, 0.4) is 0 Å². The van der Waals surface area contributed by atoms with E-state index in [0.29, 0.717) is 30.8 Å². The number of amides is 3. The maximum Gasteiger partial charge on any atom is 0.251 e. The van der Waals surface area contributed by atoms with E-state index in [1.165, 1.54) is 0 Å². The van der Waals surface area contributed by atoms with Gasteiger partial charge < -0.3 is 24.5 Å². The second-order valence-electron chi connectivity index (χ2n) is 10.8. The lowest BCUT2D eigenvalue weighted by atomic mass is 9.70. The molecule has 42 heavy (non-hydrogen) atoms. The maximum absolute atomic E-state index is 14.6. The minimum Gasteiger partial charge on any atom is -0.497 e. The zero-order valence-corrected chi connectivity index (χ0v) is 26.0. The number of carbonyl (C=O) groups is 3. The van der Waals surface area contributed by atoms with E-state index in [0.717, 1.165) is 5.69 Å². The van der Waals surface area contributed by atoms with E-state index < -0.39 is 22.6 Å². The SMILES string of the molecule is C=CCN(C(=O)C1N(CCCO)C(=O)[C@@H]2[C@H](C(=O)N(CC=C)c3ccccc3)[C@H]3SC12CC3Br)c1ccc(OC)cc1. The molecule has 3 aliphatic heterocycles. The lowest BCUT2D eigenvalue weighted by molar-refractivity contribution is -0.139. The maximum atomic E-state index is 14.6. The standard InChI is InChI=1S/C32H36BrN3O5S/c1-4-16-34(21-10-7-6-8-11-21)29(38)25-26-30(39)36(18-9-19-37)28(32(26)20-24(33)27(25)42-32)31(40)35(17-5-2)22-12-14-23(41-3)15-13-22/h4-8,10-15,24-28,37H,1-2,9,16-20H2,3H3/t24?,25-,26-,27-,28?,32?/m0/s1. The molecule has 0 aromatic heterocycles. The average Bonchev–Trinajstić information content (AvgIpc) is 3.60. The number of thioether (sulfide) groups is 1. The van der Waals surface area contributed by atoms with Gasteiger partial charge >= 0.3 is 0 Å². The van der Waals surface area contributed by atoms with Crippen molar-refractivity contribution in [3.63, 3.8) is 0 Å². The predicted octanol–water partition coefficient (Wildman–Crippen LogP) is 4.28. The Balaban J connectivity index is 1.57. The summed E-state index contributed by atoms with van der Waals surface area (Å²) in [5.74, 6) is -1.19. The Morgan fingerprint density at radius 1 is 1.07 bits per heavy atom. The summed E-state index contributed by atoms with van der Waals surface area (Å²) in [6, 6.07) is 15.8. The minimum atomic E-state index is -0.805. The van der Waals surface area contributed by atoms with E-state index in [2.05, 4.69) is 29.1 Å². The summed E-state index contributed by atoms with van der Waals surface area (Å²) in [5.41, 5.74) is 1.40. The van der Waals surface area contributed by atoms with E-state index in [1.807, 2.05) is 42.5 Å². The van der Waals surface area contributed by atoms with Gasteiger partial charge in [0.2, 0.25) is 11.8 Å². The molecule has 2 bridgehead atoms. The molecule has 5 rings (SSSR count). The number of fused-ring (bicyclic) bond motifs is 1. The van der Waals surface area contributed by atoms with Gasteiger partial charge in [0.05, 0.1) is 23.7 Å².